The predicted octanol–water partition coefficient (Wildman–Crippen LogP) is 4.95. The number of carbonyl (C=O) groups is 2. The summed E-state index contributed by atoms with van der Waals surface area (Å²) in [7, 11) is 0. The van der Waals surface area contributed by atoms with Gasteiger partial charge in [-0.25, -0.2) is 0 Å². The number of esters is 2. The van der Waals surface area contributed by atoms with Crippen molar-refractivity contribution in [2.24, 2.45) is 10.8 Å². The number of nitrogens with two attached hydrogens (primary N) is 1. The molecule has 0 aliphatic carbocycles. The Kier molecular flexibility index (Phi) is 18.7. The molecule has 3 N–H and O–H groups in total. The Hall–Kier alpha value is -2.20. The third kappa shape index (κ3) is 15.9. The molecule has 1 unspecified atom stereocenters. The molecule has 9 heteroatoms. The number of ether oxygens (including phenoxy) is 3. The van der Waals surface area contributed by atoms with E-state index in [1.54, 1.807) is 0 Å². The fraction of sp³-hybridized carbons (Fsp3) is 0.765. The van der Waals surface area contributed by atoms with Gasteiger partial charge in [-0.15, -0.1) is 0 Å². The van der Waals surface area contributed by atoms with Crippen molar-refractivity contribution < 1.29 is 23.8 Å². The molecule has 0 radical (unpaired) electrons. The van der Waals surface area contributed by atoms with Crippen LogP contribution < -0.4 is 11.1 Å². The molecule has 43 heavy (non-hydrogen) atoms. The first kappa shape index (κ1) is 38.8. The van der Waals surface area contributed by atoms with Crippen molar-refractivity contribution >= 4 is 17.6 Å². The molecule has 3 rings (SSSR count). The summed E-state index contributed by atoms with van der Waals surface area (Å²) in [5.74, 6) is 0.476. The van der Waals surface area contributed by atoms with Gasteiger partial charge in [-0.1, -0.05) is 39.8 Å². The highest BCUT2D eigenvalue weighted by Crippen LogP contribution is 2.22. The van der Waals surface area contributed by atoms with E-state index < -0.39 is 0 Å². The smallest absolute Gasteiger partial charge is 0.311 e. The first-order valence-electron chi connectivity index (χ1n) is 16.3. The van der Waals surface area contributed by atoms with Gasteiger partial charge in [0.05, 0.1) is 24.0 Å². The molecule has 2 aliphatic heterocycles. The van der Waals surface area contributed by atoms with Gasteiger partial charge < -0.3 is 25.3 Å². The number of rotatable bonds is 12. The van der Waals surface area contributed by atoms with Crippen LogP contribution in [-0.4, -0.2) is 101 Å². The number of hydrogen-bond donors (Lipinski definition) is 2. The minimum atomic E-state index is -0.356. The van der Waals surface area contributed by atoms with Crippen LogP contribution in [0.15, 0.2) is 24.3 Å². The van der Waals surface area contributed by atoms with Crippen LogP contribution in [0.5, 0.6) is 0 Å². The minimum Gasteiger partial charge on any atom is -0.464 e. The number of nitrogens with zero attached hydrogens (tertiary/aromatic N) is 2. The molecule has 9 nitrogen and oxygen atoms in total. The van der Waals surface area contributed by atoms with Gasteiger partial charge in [0.25, 0.3) is 0 Å². The lowest BCUT2D eigenvalue weighted by atomic mass is 9.91. The van der Waals surface area contributed by atoms with Gasteiger partial charge in [-0.3, -0.25) is 19.4 Å². The van der Waals surface area contributed by atoms with Crippen molar-refractivity contribution in [2.45, 2.75) is 80.6 Å². The molecule has 1 atom stereocenters. The van der Waals surface area contributed by atoms with Crippen LogP contribution in [-0.2, 0) is 23.8 Å². The second-order valence-corrected chi connectivity index (χ2v) is 12.8. The fourth-order valence-corrected chi connectivity index (χ4v) is 4.03. The second-order valence-electron chi connectivity index (χ2n) is 12.8. The van der Waals surface area contributed by atoms with E-state index in [9.17, 15) is 9.59 Å². The Morgan fingerprint density at radius 3 is 1.70 bits per heavy atom. The maximum atomic E-state index is 11.7. The third-order valence-corrected chi connectivity index (χ3v) is 8.59. The molecule has 0 spiro atoms. The lowest BCUT2D eigenvalue weighted by Gasteiger charge is -2.27. The van der Waals surface area contributed by atoms with Crippen molar-refractivity contribution in [2.75, 3.05) is 84.5 Å². The maximum absolute atomic E-state index is 11.7. The van der Waals surface area contributed by atoms with Crippen LogP contribution in [0, 0.1) is 10.8 Å². The van der Waals surface area contributed by atoms with Crippen molar-refractivity contribution in [1.29, 1.82) is 0 Å². The summed E-state index contributed by atoms with van der Waals surface area (Å²) < 4.78 is 15.8. The van der Waals surface area contributed by atoms with Crippen LogP contribution in [0.1, 0.15) is 86.1 Å². The number of nitrogens with one attached hydrogen (secondary N) is 1. The number of nitrogen functional groups attached to an aromatic ring is 1. The molecule has 0 bridgehead atoms. The Balaban J connectivity index is 0.000000329. The van der Waals surface area contributed by atoms with Gasteiger partial charge in [-0.2, -0.15) is 0 Å². The van der Waals surface area contributed by atoms with Crippen molar-refractivity contribution in [1.82, 2.24) is 15.1 Å². The van der Waals surface area contributed by atoms with Crippen molar-refractivity contribution in [3.63, 3.8) is 0 Å². The maximum Gasteiger partial charge on any atom is 0.311 e. The summed E-state index contributed by atoms with van der Waals surface area (Å²) in [6.07, 6.45) is 2.81. The van der Waals surface area contributed by atoms with Gasteiger partial charge in [0.2, 0.25) is 0 Å². The molecule has 2 fully saturated rings. The largest absolute Gasteiger partial charge is 0.464 e. The average Bonchev–Trinajstić information content (AvgIpc) is 3.02. The third-order valence-electron chi connectivity index (χ3n) is 8.59. The zero-order valence-corrected chi connectivity index (χ0v) is 28.5. The topological polar surface area (TPSA) is 106 Å². The summed E-state index contributed by atoms with van der Waals surface area (Å²) >= 11 is 0. The first-order chi connectivity index (χ1) is 20.4. The van der Waals surface area contributed by atoms with E-state index in [1.807, 2.05) is 53.7 Å². The van der Waals surface area contributed by atoms with Crippen LogP contribution in [0.25, 0.3) is 0 Å². The van der Waals surface area contributed by atoms with Gasteiger partial charge in [-0.05, 0) is 70.6 Å². The summed E-state index contributed by atoms with van der Waals surface area (Å²) in [5, 5.41) is 3.30. The second kappa shape index (κ2) is 20.7. The molecule has 2 saturated heterocycles. The fourth-order valence-electron chi connectivity index (χ4n) is 4.03. The Morgan fingerprint density at radius 2 is 1.28 bits per heavy atom. The Bertz CT molecular complexity index is 847. The van der Waals surface area contributed by atoms with E-state index in [0.29, 0.717) is 19.1 Å². The van der Waals surface area contributed by atoms with E-state index in [-0.39, 0.29) is 22.8 Å². The molecule has 0 aromatic heterocycles. The van der Waals surface area contributed by atoms with Crippen LogP contribution in [0.4, 0.5) is 5.69 Å². The quantitative estimate of drug-likeness (QED) is 0.252. The van der Waals surface area contributed by atoms with Crippen molar-refractivity contribution in [3.8, 4) is 0 Å². The Labute approximate surface area is 262 Å². The first-order valence-corrected chi connectivity index (χ1v) is 16.3. The zero-order chi connectivity index (χ0) is 32.3. The Morgan fingerprint density at radius 1 is 0.837 bits per heavy atom. The zero-order valence-electron chi connectivity index (χ0n) is 28.5. The van der Waals surface area contributed by atoms with E-state index >= 15 is 0 Å². The van der Waals surface area contributed by atoms with E-state index in [2.05, 4.69) is 41.1 Å². The van der Waals surface area contributed by atoms with Crippen LogP contribution in [0.3, 0.4) is 0 Å². The number of piperazine rings is 1. The summed E-state index contributed by atoms with van der Waals surface area (Å²) in [5.41, 5.74) is 7.09. The number of benzene rings is 1. The van der Waals surface area contributed by atoms with Crippen molar-refractivity contribution in [3.05, 3.63) is 29.8 Å². The highest BCUT2D eigenvalue weighted by molar-refractivity contribution is 5.76. The molecular formula is C34H62N4O5. The standard InChI is InChI=1S/C12H24N2O2.C12H23NO3.C10H15N/c1-4-12(2,3)11(15)16-10-9-14-7-5-13-6-8-14;1-4-12(2,3)11(14)16-10-7-13-5-8-15-9-6-13;1-3-8(2)9-4-6-10(11)7-5-9/h13H,4-10H2,1-3H3;4-10H2,1-3H3;4-8H,3,11H2,1-2H3. The van der Waals surface area contributed by atoms with E-state index in [4.69, 9.17) is 19.9 Å². The van der Waals surface area contributed by atoms with Gasteiger partial charge in [0.1, 0.15) is 13.2 Å². The molecular weight excluding hydrogens is 544 g/mol. The SMILES string of the molecule is CCC(C)(C)C(=O)OCCN1CCNCC1.CCC(C)(C)C(=O)OCCN1CCOCC1.CCC(C)c1ccc(N)cc1. The number of carbonyl (C=O) groups excluding carboxylic acids is 2. The summed E-state index contributed by atoms with van der Waals surface area (Å²) in [6, 6.07) is 8.12. The molecule has 1 aromatic rings. The van der Waals surface area contributed by atoms with Gasteiger partial charge in [0.15, 0.2) is 0 Å². The van der Waals surface area contributed by atoms with Gasteiger partial charge >= 0.3 is 11.9 Å². The summed E-state index contributed by atoms with van der Waals surface area (Å²) in [6.45, 7) is 26.4. The van der Waals surface area contributed by atoms with Crippen LogP contribution >= 0.6 is 0 Å². The predicted molar refractivity (Wildman–Crippen MR) is 176 cm³/mol. The molecule has 0 saturated carbocycles. The van der Waals surface area contributed by atoms with E-state index in [0.717, 1.165) is 84.1 Å². The molecule has 2 aliphatic rings. The lowest BCUT2D eigenvalue weighted by molar-refractivity contribution is -0.155. The van der Waals surface area contributed by atoms with E-state index in [1.165, 1.54) is 12.0 Å². The molecule has 1 aromatic carbocycles. The number of anilines is 1. The van der Waals surface area contributed by atoms with Gasteiger partial charge in [0, 0.05) is 58.0 Å². The monoisotopic (exact) mass is 606 g/mol. The lowest BCUT2D eigenvalue weighted by Crippen LogP contribution is -2.45. The highest BCUT2D eigenvalue weighted by Gasteiger charge is 2.28. The molecule has 2 heterocycles. The van der Waals surface area contributed by atoms with Crippen LogP contribution in [0.2, 0.25) is 0 Å². The summed E-state index contributed by atoms with van der Waals surface area (Å²) in [4.78, 5) is 27.9. The normalized spacial score (nSPS) is 17.0. The minimum absolute atomic E-state index is 0.0786. The molecule has 248 valence electrons. The number of hydrogen-bond acceptors (Lipinski definition) is 9. The number of morpholine rings is 1. The molecule has 0 amide bonds. The highest BCUT2D eigenvalue weighted by atomic mass is 16.5. The average molecular weight is 607 g/mol.